The number of anilines is 1. The molecule has 1 aliphatic carbocycles. The van der Waals surface area contributed by atoms with Crippen molar-refractivity contribution in [2.45, 2.75) is 44.1 Å². The molecule has 3 aliphatic heterocycles. The summed E-state index contributed by atoms with van der Waals surface area (Å²) in [6, 6.07) is 8.63. The number of fused-ring (bicyclic) bond motifs is 5. The van der Waals surface area contributed by atoms with Crippen molar-refractivity contribution in [3.63, 3.8) is 0 Å². The average Bonchev–Trinajstić information content (AvgIpc) is 3.15. The molecular weight excluding hydrogens is 276 g/mol. The van der Waals surface area contributed by atoms with Crippen LogP contribution in [0.2, 0.25) is 0 Å². The topological polar surface area (TPSA) is 33.7 Å². The average molecular weight is 300 g/mol. The molecule has 118 valence electrons. The highest BCUT2D eigenvalue weighted by atomic mass is 16.7. The maximum Gasteiger partial charge on any atom is 0.232 e. The largest absolute Gasteiger partial charge is 0.350 e. The Morgan fingerprint density at radius 1 is 1.05 bits per heavy atom. The Labute approximate surface area is 131 Å². The Morgan fingerprint density at radius 3 is 2.64 bits per heavy atom. The molecule has 4 nitrogen and oxygen atoms in total. The van der Waals surface area contributed by atoms with Crippen LogP contribution in [0.15, 0.2) is 24.3 Å². The van der Waals surface area contributed by atoms with E-state index in [1.165, 1.54) is 43.4 Å². The van der Waals surface area contributed by atoms with E-state index in [1.807, 2.05) is 0 Å². The maximum atomic E-state index is 6.15. The van der Waals surface area contributed by atoms with Crippen molar-refractivity contribution in [2.24, 2.45) is 5.41 Å². The standard InChI is InChI=1S/C18H24N2O2/c1-4-8-17(9-5-1)12-19-16-18(21-10-11-22-18)14-6-2-3-7-15(14)20(16)13-17/h2-3,6-7,16,19H,1,4-5,8-13H2/t16-/m0/s1. The predicted octanol–water partition coefficient (Wildman–Crippen LogP) is 2.59. The summed E-state index contributed by atoms with van der Waals surface area (Å²) >= 11 is 0. The number of nitrogens with one attached hydrogen (secondary N) is 1. The van der Waals surface area contributed by atoms with E-state index in [4.69, 9.17) is 9.47 Å². The van der Waals surface area contributed by atoms with Crippen molar-refractivity contribution in [1.29, 1.82) is 0 Å². The first-order valence-electron chi connectivity index (χ1n) is 8.71. The van der Waals surface area contributed by atoms with Gasteiger partial charge in [0.15, 0.2) is 0 Å². The van der Waals surface area contributed by atoms with Gasteiger partial charge in [-0.2, -0.15) is 0 Å². The third-order valence-corrected chi connectivity index (χ3v) is 6.07. The van der Waals surface area contributed by atoms with Gasteiger partial charge in [-0.15, -0.1) is 0 Å². The highest BCUT2D eigenvalue weighted by molar-refractivity contribution is 5.63. The van der Waals surface area contributed by atoms with Gasteiger partial charge in [0, 0.05) is 29.8 Å². The Balaban J connectivity index is 1.55. The van der Waals surface area contributed by atoms with Gasteiger partial charge in [-0.1, -0.05) is 37.5 Å². The lowest BCUT2D eigenvalue weighted by Crippen LogP contribution is -2.64. The van der Waals surface area contributed by atoms with Crippen LogP contribution in [0.3, 0.4) is 0 Å². The van der Waals surface area contributed by atoms with Crippen LogP contribution in [0.1, 0.15) is 37.7 Å². The summed E-state index contributed by atoms with van der Waals surface area (Å²) in [5, 5.41) is 3.80. The molecule has 0 unspecified atom stereocenters. The van der Waals surface area contributed by atoms with E-state index >= 15 is 0 Å². The van der Waals surface area contributed by atoms with Crippen molar-refractivity contribution in [3.05, 3.63) is 29.8 Å². The zero-order valence-corrected chi connectivity index (χ0v) is 13.0. The molecule has 22 heavy (non-hydrogen) atoms. The molecule has 3 heterocycles. The minimum absolute atomic E-state index is 0.125. The van der Waals surface area contributed by atoms with Gasteiger partial charge in [0.2, 0.25) is 5.79 Å². The van der Waals surface area contributed by atoms with Crippen LogP contribution in [-0.2, 0) is 15.3 Å². The third-order valence-electron chi connectivity index (χ3n) is 6.07. The molecule has 4 aliphatic rings. The third kappa shape index (κ3) is 1.69. The molecule has 1 saturated carbocycles. The summed E-state index contributed by atoms with van der Waals surface area (Å²) in [4.78, 5) is 2.52. The second kappa shape index (κ2) is 4.70. The first-order chi connectivity index (χ1) is 10.8. The molecule has 2 saturated heterocycles. The quantitative estimate of drug-likeness (QED) is 0.798. The first-order valence-corrected chi connectivity index (χ1v) is 8.71. The lowest BCUT2D eigenvalue weighted by molar-refractivity contribution is -0.186. The first kappa shape index (κ1) is 13.3. The molecule has 4 heteroatoms. The molecule has 3 fully saturated rings. The molecule has 0 amide bonds. The summed E-state index contributed by atoms with van der Waals surface area (Å²) in [6.07, 6.45) is 6.97. The van der Waals surface area contributed by atoms with Gasteiger partial charge in [0.25, 0.3) is 0 Å². The summed E-state index contributed by atoms with van der Waals surface area (Å²) in [5.41, 5.74) is 2.94. The number of para-hydroxylation sites is 1. The monoisotopic (exact) mass is 300 g/mol. The van der Waals surface area contributed by atoms with Crippen molar-refractivity contribution < 1.29 is 9.47 Å². The molecule has 1 aromatic carbocycles. The second-order valence-electron chi connectivity index (χ2n) is 7.35. The van der Waals surface area contributed by atoms with E-state index in [0.29, 0.717) is 18.6 Å². The van der Waals surface area contributed by atoms with Crippen molar-refractivity contribution in [2.75, 3.05) is 31.2 Å². The van der Waals surface area contributed by atoms with Gasteiger partial charge in [0.05, 0.1) is 13.2 Å². The molecule has 5 rings (SSSR count). The number of nitrogens with zero attached hydrogens (tertiary/aromatic N) is 1. The SMILES string of the molecule is c1ccc2c(c1)N1CC3(CCCCC3)CN[C@@H]1C21OCCO1. The number of benzene rings is 1. The fraction of sp³-hybridized carbons (Fsp3) is 0.667. The van der Waals surface area contributed by atoms with Gasteiger partial charge in [-0.25, -0.2) is 0 Å². The molecule has 0 aromatic heterocycles. The van der Waals surface area contributed by atoms with E-state index in [2.05, 4.69) is 34.5 Å². The van der Waals surface area contributed by atoms with Crippen molar-refractivity contribution in [3.8, 4) is 0 Å². The Morgan fingerprint density at radius 2 is 1.82 bits per heavy atom. The highest BCUT2D eigenvalue weighted by Gasteiger charge is 2.58. The van der Waals surface area contributed by atoms with Crippen LogP contribution in [0.25, 0.3) is 0 Å². The number of ether oxygens (including phenoxy) is 2. The van der Waals surface area contributed by atoms with Crippen molar-refractivity contribution in [1.82, 2.24) is 5.32 Å². The van der Waals surface area contributed by atoms with Crippen molar-refractivity contribution >= 4 is 5.69 Å². The minimum Gasteiger partial charge on any atom is -0.350 e. The molecule has 0 radical (unpaired) electrons. The number of hydrogen-bond donors (Lipinski definition) is 1. The van der Waals surface area contributed by atoms with Crippen LogP contribution in [0.5, 0.6) is 0 Å². The molecule has 0 bridgehead atoms. The van der Waals surface area contributed by atoms with Gasteiger partial charge in [-0.05, 0) is 18.9 Å². The maximum absolute atomic E-state index is 6.15. The molecule has 1 atom stereocenters. The second-order valence-corrected chi connectivity index (χ2v) is 7.35. The predicted molar refractivity (Wildman–Crippen MR) is 84.7 cm³/mol. The number of rotatable bonds is 0. The summed E-state index contributed by atoms with van der Waals surface area (Å²) in [7, 11) is 0. The van der Waals surface area contributed by atoms with Crippen LogP contribution in [0, 0.1) is 5.41 Å². The Hall–Kier alpha value is -1.10. The van der Waals surface area contributed by atoms with Gasteiger partial charge < -0.3 is 14.4 Å². The molecule has 1 aromatic rings. The number of hydrogen-bond acceptors (Lipinski definition) is 4. The smallest absolute Gasteiger partial charge is 0.232 e. The van der Waals surface area contributed by atoms with E-state index in [1.54, 1.807) is 0 Å². The summed E-state index contributed by atoms with van der Waals surface area (Å²) in [6.45, 7) is 3.60. The fourth-order valence-corrected chi connectivity index (χ4v) is 5.04. The molecular formula is C18H24N2O2. The van der Waals surface area contributed by atoms with Crippen LogP contribution in [0.4, 0.5) is 5.69 Å². The summed E-state index contributed by atoms with van der Waals surface area (Å²) < 4.78 is 12.3. The fourth-order valence-electron chi connectivity index (χ4n) is 5.04. The zero-order valence-electron chi connectivity index (χ0n) is 13.0. The van der Waals surface area contributed by atoms with Gasteiger partial charge in [0.1, 0.15) is 6.17 Å². The molecule has 2 spiro atoms. The van der Waals surface area contributed by atoms with Crippen LogP contribution < -0.4 is 10.2 Å². The van der Waals surface area contributed by atoms with Crippen LogP contribution >= 0.6 is 0 Å². The summed E-state index contributed by atoms with van der Waals surface area (Å²) in [5.74, 6) is -0.590. The lowest BCUT2D eigenvalue weighted by atomic mass is 9.72. The lowest BCUT2D eigenvalue weighted by Gasteiger charge is -2.49. The minimum atomic E-state index is -0.590. The van der Waals surface area contributed by atoms with E-state index < -0.39 is 5.79 Å². The van der Waals surface area contributed by atoms with E-state index in [0.717, 1.165) is 13.1 Å². The van der Waals surface area contributed by atoms with Gasteiger partial charge >= 0.3 is 0 Å². The van der Waals surface area contributed by atoms with Crippen LogP contribution in [-0.4, -0.2) is 32.5 Å². The van der Waals surface area contributed by atoms with E-state index in [-0.39, 0.29) is 6.17 Å². The normalized spacial score (nSPS) is 31.5. The Bertz CT molecular complexity index is 576. The Kier molecular flexibility index (Phi) is 2.85. The van der Waals surface area contributed by atoms with E-state index in [9.17, 15) is 0 Å². The highest BCUT2D eigenvalue weighted by Crippen LogP contribution is 2.52. The van der Waals surface area contributed by atoms with Gasteiger partial charge in [-0.3, -0.25) is 5.32 Å². The molecule has 1 N–H and O–H groups in total. The zero-order chi connectivity index (χ0) is 14.6.